The fourth-order valence-corrected chi connectivity index (χ4v) is 2.40. The number of anilines is 2. The molecular weight excluding hydrogens is 245 g/mol. The van der Waals surface area contributed by atoms with Crippen LogP contribution >= 0.6 is 24.0 Å². The third-order valence-electron chi connectivity index (χ3n) is 2.83. The van der Waals surface area contributed by atoms with Crippen molar-refractivity contribution in [3.05, 3.63) is 24.3 Å². The van der Waals surface area contributed by atoms with Gasteiger partial charge in [-0.3, -0.25) is 4.99 Å². The molecule has 0 fully saturated rings. The molecular formula is C11H13Cl2N3. The zero-order valence-corrected chi connectivity index (χ0v) is 10.3. The number of rotatable bonds is 2. The summed E-state index contributed by atoms with van der Waals surface area (Å²) in [6.45, 7) is 2.71. The predicted octanol–water partition coefficient (Wildman–Crippen LogP) is 2.34. The maximum Gasteiger partial charge on any atom is 0.206 e. The number of benzene rings is 1. The normalized spacial score (nSPS) is 16.7. The Bertz CT molecular complexity index is 419. The first-order valence-corrected chi connectivity index (χ1v) is 5.70. The largest absolute Gasteiger partial charge is 0.309 e. The van der Waals surface area contributed by atoms with Gasteiger partial charge in [0.2, 0.25) is 5.96 Å². The fraction of sp³-hybridized carbons (Fsp3) is 0.364. The first-order chi connectivity index (χ1) is 7.42. The molecule has 0 bridgehead atoms. The van der Waals surface area contributed by atoms with Crippen molar-refractivity contribution in [2.45, 2.75) is 0 Å². The van der Waals surface area contributed by atoms with Crippen molar-refractivity contribution in [1.82, 2.24) is 0 Å². The molecule has 86 valence electrons. The third-order valence-corrected chi connectivity index (χ3v) is 3.00. The number of hydrogen-bond acceptors (Lipinski definition) is 3. The molecule has 0 amide bonds. The van der Waals surface area contributed by atoms with Crippen LogP contribution in [0.1, 0.15) is 0 Å². The second kappa shape index (κ2) is 4.52. The van der Waals surface area contributed by atoms with Gasteiger partial charge in [0.15, 0.2) is 0 Å². The molecule has 2 aliphatic heterocycles. The minimum Gasteiger partial charge on any atom is -0.309 e. The minimum absolute atomic E-state index is 0. The molecule has 1 aromatic carbocycles. The molecule has 5 heteroatoms. The molecule has 0 aromatic heterocycles. The summed E-state index contributed by atoms with van der Waals surface area (Å²) < 4.78 is 0. The summed E-state index contributed by atoms with van der Waals surface area (Å²) in [6, 6.07) is 8.40. The van der Waals surface area contributed by atoms with Crippen LogP contribution in [-0.4, -0.2) is 31.5 Å². The number of alkyl halides is 1. The maximum atomic E-state index is 5.82. The van der Waals surface area contributed by atoms with Gasteiger partial charge in [0.1, 0.15) is 0 Å². The number of nitrogens with zero attached hydrogens (tertiary/aromatic N) is 3. The van der Waals surface area contributed by atoms with Crippen LogP contribution in [0.3, 0.4) is 0 Å². The van der Waals surface area contributed by atoms with Crippen molar-refractivity contribution in [2.24, 2.45) is 4.99 Å². The molecule has 2 aliphatic rings. The maximum absolute atomic E-state index is 5.82. The van der Waals surface area contributed by atoms with Gasteiger partial charge in [-0.1, -0.05) is 12.1 Å². The lowest BCUT2D eigenvalue weighted by molar-refractivity contribution is 1.03. The average Bonchev–Trinajstić information content (AvgIpc) is 2.82. The Balaban J connectivity index is 0.000000963. The fourth-order valence-electron chi connectivity index (χ4n) is 2.23. The van der Waals surface area contributed by atoms with Crippen LogP contribution in [0.5, 0.6) is 0 Å². The van der Waals surface area contributed by atoms with Crippen LogP contribution in [-0.2, 0) is 0 Å². The van der Waals surface area contributed by atoms with Crippen LogP contribution in [0.4, 0.5) is 11.4 Å². The Morgan fingerprint density at radius 3 is 2.75 bits per heavy atom. The quantitative estimate of drug-likeness (QED) is 0.758. The lowest BCUT2D eigenvalue weighted by Gasteiger charge is -2.17. The monoisotopic (exact) mass is 257 g/mol. The van der Waals surface area contributed by atoms with Crippen molar-refractivity contribution in [3.63, 3.8) is 0 Å². The van der Waals surface area contributed by atoms with Crippen molar-refractivity contribution in [1.29, 1.82) is 0 Å². The van der Waals surface area contributed by atoms with Crippen LogP contribution in [0.15, 0.2) is 29.3 Å². The Labute approximate surface area is 106 Å². The third kappa shape index (κ3) is 1.55. The lowest BCUT2D eigenvalue weighted by atomic mass is 10.2. The van der Waals surface area contributed by atoms with E-state index in [9.17, 15) is 0 Å². The summed E-state index contributed by atoms with van der Waals surface area (Å²) in [6.07, 6.45) is 0. The highest BCUT2D eigenvalue weighted by Crippen LogP contribution is 2.38. The second-order valence-corrected chi connectivity index (χ2v) is 4.04. The molecule has 0 radical (unpaired) electrons. The molecule has 0 saturated heterocycles. The molecule has 2 heterocycles. The second-order valence-electron chi connectivity index (χ2n) is 3.66. The summed E-state index contributed by atoms with van der Waals surface area (Å²) in [7, 11) is 0. The minimum atomic E-state index is 0. The van der Waals surface area contributed by atoms with Gasteiger partial charge < -0.3 is 9.80 Å². The van der Waals surface area contributed by atoms with Gasteiger partial charge in [0.05, 0.1) is 17.9 Å². The number of aliphatic imine (C=N–C) groups is 1. The van der Waals surface area contributed by atoms with E-state index in [-0.39, 0.29) is 12.4 Å². The van der Waals surface area contributed by atoms with Gasteiger partial charge in [-0.2, -0.15) is 0 Å². The molecule has 0 unspecified atom stereocenters. The van der Waals surface area contributed by atoms with Gasteiger partial charge in [0.25, 0.3) is 0 Å². The Morgan fingerprint density at radius 1 is 1.25 bits per heavy atom. The van der Waals surface area contributed by atoms with E-state index in [1.54, 1.807) is 0 Å². The molecule has 16 heavy (non-hydrogen) atoms. The topological polar surface area (TPSA) is 18.8 Å². The molecule has 0 spiro atoms. The zero-order chi connectivity index (χ0) is 10.3. The summed E-state index contributed by atoms with van der Waals surface area (Å²) in [5.41, 5.74) is 2.50. The average molecular weight is 258 g/mol. The van der Waals surface area contributed by atoms with Gasteiger partial charge in [-0.05, 0) is 12.1 Å². The smallest absolute Gasteiger partial charge is 0.206 e. The summed E-state index contributed by atoms with van der Waals surface area (Å²) in [5, 5.41) is 0. The van der Waals surface area contributed by atoms with E-state index in [0.29, 0.717) is 5.88 Å². The molecule has 3 rings (SSSR count). The van der Waals surface area contributed by atoms with Crippen molar-refractivity contribution >= 4 is 41.3 Å². The number of fused-ring (bicyclic) bond motifs is 3. The molecule has 0 atom stereocenters. The van der Waals surface area contributed by atoms with E-state index in [1.807, 2.05) is 0 Å². The first kappa shape index (κ1) is 11.6. The van der Waals surface area contributed by atoms with E-state index in [4.69, 9.17) is 11.6 Å². The van der Waals surface area contributed by atoms with Crippen molar-refractivity contribution < 1.29 is 0 Å². The molecule has 3 nitrogen and oxygen atoms in total. The first-order valence-electron chi connectivity index (χ1n) is 5.16. The summed E-state index contributed by atoms with van der Waals surface area (Å²) in [5.74, 6) is 1.69. The van der Waals surface area contributed by atoms with Crippen LogP contribution in [0, 0.1) is 0 Å². The predicted molar refractivity (Wildman–Crippen MR) is 71.4 cm³/mol. The Hall–Kier alpha value is -0.930. The van der Waals surface area contributed by atoms with Crippen LogP contribution in [0.25, 0.3) is 0 Å². The standard InChI is InChI=1S/C11H12ClN3.ClH/c12-5-7-14-9-3-1-2-4-10(9)15-8-6-13-11(14)15;/h1-4H,5-8H2;1H. The van der Waals surface area contributed by atoms with Crippen LogP contribution < -0.4 is 9.80 Å². The molecule has 0 aliphatic carbocycles. The highest BCUT2D eigenvalue weighted by molar-refractivity contribution is 6.20. The number of guanidine groups is 1. The van der Waals surface area contributed by atoms with Gasteiger partial charge in [-0.25, -0.2) is 0 Å². The summed E-state index contributed by atoms with van der Waals surface area (Å²) in [4.78, 5) is 8.99. The summed E-state index contributed by atoms with van der Waals surface area (Å²) >= 11 is 5.82. The number of halogens is 2. The van der Waals surface area contributed by atoms with Gasteiger partial charge in [0, 0.05) is 19.0 Å². The molecule has 0 N–H and O–H groups in total. The zero-order valence-electron chi connectivity index (χ0n) is 8.77. The van der Waals surface area contributed by atoms with E-state index < -0.39 is 0 Å². The van der Waals surface area contributed by atoms with Gasteiger partial charge >= 0.3 is 0 Å². The lowest BCUT2D eigenvalue weighted by Crippen LogP contribution is -2.36. The Morgan fingerprint density at radius 2 is 2.00 bits per heavy atom. The van der Waals surface area contributed by atoms with E-state index in [2.05, 4.69) is 39.1 Å². The van der Waals surface area contributed by atoms with E-state index >= 15 is 0 Å². The van der Waals surface area contributed by atoms with Crippen molar-refractivity contribution in [2.75, 3.05) is 35.3 Å². The van der Waals surface area contributed by atoms with Crippen molar-refractivity contribution in [3.8, 4) is 0 Å². The highest BCUT2D eigenvalue weighted by atomic mass is 35.5. The number of hydrogen-bond donors (Lipinski definition) is 0. The number of para-hydroxylation sites is 2. The van der Waals surface area contributed by atoms with Crippen LogP contribution in [0.2, 0.25) is 0 Å². The van der Waals surface area contributed by atoms with E-state index in [1.165, 1.54) is 11.4 Å². The highest BCUT2D eigenvalue weighted by Gasteiger charge is 2.34. The molecule has 1 aromatic rings. The molecule has 0 saturated carbocycles. The van der Waals surface area contributed by atoms with E-state index in [0.717, 1.165) is 25.6 Å². The van der Waals surface area contributed by atoms with Gasteiger partial charge in [-0.15, -0.1) is 24.0 Å². The SMILES string of the molecule is Cl.ClCCN1C2=NCCN2c2ccccc21. The Kier molecular flexibility index (Phi) is 3.26.